The van der Waals surface area contributed by atoms with Gasteiger partial charge in [0.05, 0.1) is 0 Å². The highest BCUT2D eigenvalue weighted by atomic mass is 28.4. The third-order valence-corrected chi connectivity index (χ3v) is 14.2. The van der Waals surface area contributed by atoms with Crippen LogP contribution in [0.3, 0.4) is 0 Å². The molecule has 21 heavy (non-hydrogen) atoms. The zero-order valence-electron chi connectivity index (χ0n) is 14.9. The SMILES string of the molecule is CC(C)[SiH](O[SiH](C1CCCCC1)C1CCCCC1)C(C)C. The lowest BCUT2D eigenvalue weighted by molar-refractivity contribution is 0.403. The van der Waals surface area contributed by atoms with Crippen LogP contribution in [0.4, 0.5) is 0 Å². The maximum atomic E-state index is 7.13. The Balaban J connectivity index is 2.05. The summed E-state index contributed by atoms with van der Waals surface area (Å²) in [6.07, 6.45) is 14.9. The third kappa shape index (κ3) is 5.21. The molecule has 0 bridgehead atoms. The average molecular weight is 327 g/mol. The molecule has 0 spiro atoms. The second-order valence-corrected chi connectivity index (χ2v) is 15.8. The van der Waals surface area contributed by atoms with Gasteiger partial charge < -0.3 is 4.12 Å². The van der Waals surface area contributed by atoms with Gasteiger partial charge in [-0.3, -0.25) is 0 Å². The summed E-state index contributed by atoms with van der Waals surface area (Å²) in [5, 5.41) is 0. The Morgan fingerprint density at radius 1 is 0.667 bits per heavy atom. The molecule has 0 aromatic rings. The molecule has 3 heteroatoms. The fourth-order valence-electron chi connectivity index (χ4n) is 4.80. The van der Waals surface area contributed by atoms with Crippen LogP contribution in [-0.4, -0.2) is 18.1 Å². The number of hydrogen-bond donors (Lipinski definition) is 0. The molecule has 0 saturated heterocycles. The van der Waals surface area contributed by atoms with Gasteiger partial charge in [-0.25, -0.2) is 0 Å². The van der Waals surface area contributed by atoms with Gasteiger partial charge in [-0.05, 0) is 22.2 Å². The van der Waals surface area contributed by atoms with Gasteiger partial charge in [0.1, 0.15) is 0 Å². The lowest BCUT2D eigenvalue weighted by Gasteiger charge is -2.40. The lowest BCUT2D eigenvalue weighted by Crippen LogP contribution is -2.41. The van der Waals surface area contributed by atoms with E-state index in [9.17, 15) is 0 Å². The van der Waals surface area contributed by atoms with E-state index in [2.05, 4.69) is 27.7 Å². The molecule has 0 aromatic carbocycles. The van der Waals surface area contributed by atoms with E-state index in [-0.39, 0.29) is 0 Å². The second kappa shape index (κ2) is 8.88. The normalized spacial score (nSPS) is 22.9. The van der Waals surface area contributed by atoms with Gasteiger partial charge in [0.15, 0.2) is 18.1 Å². The predicted molar refractivity (Wildman–Crippen MR) is 99.2 cm³/mol. The summed E-state index contributed by atoms with van der Waals surface area (Å²) in [4.78, 5) is 0. The van der Waals surface area contributed by atoms with Crippen LogP contribution in [0.2, 0.25) is 22.2 Å². The van der Waals surface area contributed by atoms with Crippen molar-refractivity contribution in [2.75, 3.05) is 0 Å². The first-order valence-corrected chi connectivity index (χ1v) is 13.4. The first kappa shape index (κ1) is 17.7. The van der Waals surface area contributed by atoms with E-state index >= 15 is 0 Å². The van der Waals surface area contributed by atoms with Crippen LogP contribution < -0.4 is 0 Å². The number of hydrogen-bond acceptors (Lipinski definition) is 1. The maximum absolute atomic E-state index is 7.13. The maximum Gasteiger partial charge on any atom is 0.169 e. The van der Waals surface area contributed by atoms with Crippen LogP contribution >= 0.6 is 0 Å². The van der Waals surface area contributed by atoms with Crippen LogP contribution in [0, 0.1) is 0 Å². The van der Waals surface area contributed by atoms with Gasteiger partial charge >= 0.3 is 0 Å². The van der Waals surface area contributed by atoms with Gasteiger partial charge in [-0.15, -0.1) is 0 Å². The molecule has 1 nitrogen and oxygen atoms in total. The molecule has 0 unspecified atom stereocenters. The third-order valence-electron chi connectivity index (χ3n) is 5.86. The van der Waals surface area contributed by atoms with Crippen LogP contribution in [-0.2, 0) is 4.12 Å². The molecule has 0 aromatic heterocycles. The van der Waals surface area contributed by atoms with Crippen LogP contribution in [0.1, 0.15) is 91.9 Å². The first-order valence-electron chi connectivity index (χ1n) is 9.75. The van der Waals surface area contributed by atoms with Gasteiger partial charge in [0.2, 0.25) is 0 Å². The van der Waals surface area contributed by atoms with Crippen molar-refractivity contribution < 1.29 is 4.12 Å². The Bertz CT molecular complexity index is 255. The summed E-state index contributed by atoms with van der Waals surface area (Å²) >= 11 is 0. The molecule has 2 rings (SSSR count). The Hall–Kier alpha value is 0.394. The van der Waals surface area contributed by atoms with E-state index in [1.165, 1.54) is 64.2 Å². The van der Waals surface area contributed by atoms with E-state index in [4.69, 9.17) is 4.12 Å². The molecule has 0 aliphatic heterocycles. The number of rotatable bonds is 6. The van der Waals surface area contributed by atoms with E-state index in [0.29, 0.717) is 0 Å². The van der Waals surface area contributed by atoms with E-state index < -0.39 is 18.1 Å². The zero-order chi connectivity index (χ0) is 15.2. The van der Waals surface area contributed by atoms with Gasteiger partial charge in [-0.2, -0.15) is 0 Å². The Labute approximate surface area is 136 Å². The van der Waals surface area contributed by atoms with Crippen LogP contribution in [0.15, 0.2) is 0 Å². The van der Waals surface area contributed by atoms with E-state index in [0.717, 1.165) is 22.2 Å². The standard InChI is InChI=1S/C18H38OSi2/c1-15(2)20(16(3)4)19-21(17-11-7-5-8-12-17)18-13-9-6-10-14-18/h15-18,20-21H,5-14H2,1-4H3. The minimum Gasteiger partial charge on any atom is -0.459 e. The monoisotopic (exact) mass is 326 g/mol. The van der Waals surface area contributed by atoms with Crippen molar-refractivity contribution in [2.45, 2.75) is 114 Å². The first-order chi connectivity index (χ1) is 10.1. The predicted octanol–water partition coefficient (Wildman–Crippen LogP) is 5.94. The molecule has 124 valence electrons. The van der Waals surface area contributed by atoms with E-state index in [1.54, 1.807) is 0 Å². The fraction of sp³-hybridized carbons (Fsp3) is 1.00. The highest BCUT2D eigenvalue weighted by Gasteiger charge is 2.37. The van der Waals surface area contributed by atoms with Crippen molar-refractivity contribution in [1.29, 1.82) is 0 Å². The van der Waals surface area contributed by atoms with Gasteiger partial charge in [0.25, 0.3) is 0 Å². The molecular formula is C18H38OSi2. The molecule has 0 atom stereocenters. The average Bonchev–Trinajstić information content (AvgIpc) is 2.49. The quantitative estimate of drug-likeness (QED) is 0.549. The summed E-state index contributed by atoms with van der Waals surface area (Å²) in [5.74, 6) is 0. The summed E-state index contributed by atoms with van der Waals surface area (Å²) in [7, 11) is -2.02. The highest BCUT2D eigenvalue weighted by molar-refractivity contribution is 6.69. The van der Waals surface area contributed by atoms with Crippen molar-refractivity contribution in [3.63, 3.8) is 0 Å². The molecular weight excluding hydrogens is 288 g/mol. The van der Waals surface area contributed by atoms with Crippen molar-refractivity contribution >= 4 is 18.1 Å². The molecule has 2 fully saturated rings. The lowest BCUT2D eigenvalue weighted by atomic mass is 9.99. The minimum absolute atomic E-state index is 0.812. The molecule has 2 aliphatic rings. The molecule has 0 amide bonds. The summed E-state index contributed by atoms with van der Waals surface area (Å²) in [6.45, 7) is 9.68. The summed E-state index contributed by atoms with van der Waals surface area (Å²) < 4.78 is 7.13. The molecule has 0 N–H and O–H groups in total. The van der Waals surface area contributed by atoms with Crippen LogP contribution in [0.25, 0.3) is 0 Å². The molecule has 0 heterocycles. The van der Waals surface area contributed by atoms with Crippen molar-refractivity contribution in [3.8, 4) is 0 Å². The smallest absolute Gasteiger partial charge is 0.169 e. The molecule has 0 radical (unpaired) electrons. The fourth-order valence-corrected chi connectivity index (χ4v) is 15.1. The highest BCUT2D eigenvalue weighted by Crippen LogP contribution is 2.43. The topological polar surface area (TPSA) is 9.23 Å². The van der Waals surface area contributed by atoms with Crippen molar-refractivity contribution in [2.24, 2.45) is 0 Å². The minimum atomic E-state index is -1.02. The van der Waals surface area contributed by atoms with Gasteiger partial charge in [0, 0.05) is 0 Å². The molecule has 2 saturated carbocycles. The van der Waals surface area contributed by atoms with Crippen LogP contribution in [0.5, 0.6) is 0 Å². The Morgan fingerprint density at radius 2 is 1.05 bits per heavy atom. The largest absolute Gasteiger partial charge is 0.459 e. The Morgan fingerprint density at radius 3 is 1.38 bits per heavy atom. The van der Waals surface area contributed by atoms with Gasteiger partial charge in [-0.1, -0.05) is 91.9 Å². The zero-order valence-corrected chi connectivity index (χ0v) is 17.3. The van der Waals surface area contributed by atoms with Crippen molar-refractivity contribution in [3.05, 3.63) is 0 Å². The molecule has 2 aliphatic carbocycles. The van der Waals surface area contributed by atoms with Crippen molar-refractivity contribution in [1.82, 2.24) is 0 Å². The summed E-state index contributed by atoms with van der Waals surface area (Å²) in [6, 6.07) is 0. The van der Waals surface area contributed by atoms with E-state index in [1.807, 2.05) is 0 Å². The second-order valence-electron chi connectivity index (χ2n) is 8.35. The Kier molecular flexibility index (Phi) is 7.50. The summed E-state index contributed by atoms with van der Waals surface area (Å²) in [5.41, 5.74) is 3.67.